The molecule has 3 aliphatic rings. The van der Waals surface area contributed by atoms with Crippen molar-refractivity contribution >= 4 is 11.6 Å². The molecule has 1 unspecified atom stereocenters. The first kappa shape index (κ1) is 23.2. The summed E-state index contributed by atoms with van der Waals surface area (Å²) in [7, 11) is 0. The fourth-order valence-electron chi connectivity index (χ4n) is 6.70. The molecule has 0 amide bonds. The lowest BCUT2D eigenvalue weighted by molar-refractivity contribution is -0.139. The van der Waals surface area contributed by atoms with Gasteiger partial charge in [0.1, 0.15) is 23.0 Å². The minimum absolute atomic E-state index is 0.121. The summed E-state index contributed by atoms with van der Waals surface area (Å²) >= 11 is 0. The van der Waals surface area contributed by atoms with E-state index in [1.807, 2.05) is 4.40 Å². The van der Waals surface area contributed by atoms with Crippen molar-refractivity contribution in [2.45, 2.75) is 44.1 Å². The Balaban J connectivity index is 1.21. The van der Waals surface area contributed by atoms with E-state index in [-0.39, 0.29) is 35.3 Å². The molecule has 3 aromatic heterocycles. The number of alkyl halides is 2. The maximum atomic E-state index is 15.2. The van der Waals surface area contributed by atoms with Crippen LogP contribution in [0.4, 0.5) is 13.2 Å². The Morgan fingerprint density at radius 1 is 1.13 bits per heavy atom. The van der Waals surface area contributed by atoms with Gasteiger partial charge in [-0.2, -0.15) is 8.78 Å². The van der Waals surface area contributed by atoms with E-state index >= 15 is 4.39 Å². The van der Waals surface area contributed by atoms with Gasteiger partial charge in [0.25, 0.3) is 0 Å². The molecule has 1 aromatic carbocycles. The summed E-state index contributed by atoms with van der Waals surface area (Å²) in [4.78, 5) is 24.9. The monoisotopic (exact) mass is 520 g/mol. The van der Waals surface area contributed by atoms with Gasteiger partial charge in [-0.15, -0.1) is 0 Å². The van der Waals surface area contributed by atoms with Crippen LogP contribution in [0.15, 0.2) is 48.9 Å². The van der Waals surface area contributed by atoms with Crippen LogP contribution in [0.25, 0.3) is 16.8 Å². The second kappa shape index (κ2) is 8.54. The van der Waals surface area contributed by atoms with Crippen molar-refractivity contribution < 1.29 is 27.8 Å². The first-order valence-corrected chi connectivity index (χ1v) is 12.7. The second-order valence-corrected chi connectivity index (χ2v) is 10.4. The van der Waals surface area contributed by atoms with E-state index in [0.29, 0.717) is 41.0 Å². The molecule has 0 aliphatic heterocycles. The van der Waals surface area contributed by atoms with E-state index in [1.165, 1.54) is 12.1 Å². The number of hydrogen-bond acceptors (Lipinski definition) is 5. The van der Waals surface area contributed by atoms with Crippen LogP contribution in [0, 0.1) is 23.6 Å². The van der Waals surface area contributed by atoms with Gasteiger partial charge in [-0.25, -0.2) is 19.3 Å². The smallest absolute Gasteiger partial charge is 0.387 e. The summed E-state index contributed by atoms with van der Waals surface area (Å²) in [6, 6.07) is 8.12. The molecule has 1 N–H and O–H groups in total. The van der Waals surface area contributed by atoms with E-state index in [2.05, 4.69) is 15.0 Å². The van der Waals surface area contributed by atoms with Crippen molar-refractivity contribution in [2.75, 3.05) is 0 Å². The Hall–Kier alpha value is -3.95. The highest BCUT2D eigenvalue weighted by Gasteiger charge is 2.60. The molecule has 38 heavy (non-hydrogen) atoms. The second-order valence-electron chi connectivity index (χ2n) is 10.4. The number of fused-ring (bicyclic) bond motifs is 4. The summed E-state index contributed by atoms with van der Waals surface area (Å²) in [6.07, 6.45) is 7.73. The third kappa shape index (κ3) is 3.65. The number of rotatable bonds is 6. The van der Waals surface area contributed by atoms with Crippen molar-refractivity contribution in [3.63, 3.8) is 0 Å². The summed E-state index contributed by atoms with van der Waals surface area (Å²) in [5.74, 6) is -0.333. The fourth-order valence-corrected chi connectivity index (χ4v) is 6.70. The molecule has 10 heteroatoms. The molecule has 3 aliphatic carbocycles. The molecule has 2 saturated carbocycles. The molecular formula is C28H23F3N4O3. The molecule has 7 rings (SSSR count). The normalized spacial score (nSPS) is 25.5. The molecule has 0 radical (unpaired) electrons. The van der Waals surface area contributed by atoms with Gasteiger partial charge in [0.15, 0.2) is 0 Å². The third-order valence-electron chi connectivity index (χ3n) is 8.41. The lowest BCUT2D eigenvalue weighted by atomic mass is 9.95. The van der Waals surface area contributed by atoms with Gasteiger partial charge in [-0.1, -0.05) is 18.2 Å². The van der Waals surface area contributed by atoms with Crippen LogP contribution in [-0.2, 0) is 11.2 Å². The molecule has 4 aromatic rings. The Morgan fingerprint density at radius 3 is 2.58 bits per heavy atom. The Kier molecular flexibility index (Phi) is 5.21. The number of carbonyl (C=O) groups is 1. The van der Waals surface area contributed by atoms with E-state index < -0.39 is 18.4 Å². The summed E-state index contributed by atoms with van der Waals surface area (Å²) in [6.45, 7) is -2.93. The predicted molar refractivity (Wildman–Crippen MR) is 129 cm³/mol. The van der Waals surface area contributed by atoms with Crippen LogP contribution in [0.2, 0.25) is 0 Å². The van der Waals surface area contributed by atoms with Crippen LogP contribution < -0.4 is 4.74 Å². The lowest BCUT2D eigenvalue weighted by Crippen LogP contribution is -2.09. The van der Waals surface area contributed by atoms with Crippen LogP contribution in [0.1, 0.15) is 53.9 Å². The Labute approximate surface area is 215 Å². The number of ether oxygens (including phenoxy) is 1. The zero-order chi connectivity index (χ0) is 26.1. The highest BCUT2D eigenvalue weighted by molar-refractivity contribution is 5.74. The van der Waals surface area contributed by atoms with Gasteiger partial charge in [0.05, 0.1) is 17.3 Å². The molecular weight excluding hydrogens is 497 g/mol. The number of aryl methyl sites for hydroxylation is 1. The highest BCUT2D eigenvalue weighted by atomic mass is 19.3. The Bertz CT molecular complexity index is 1560. The van der Waals surface area contributed by atoms with Gasteiger partial charge < -0.3 is 14.2 Å². The zero-order valence-electron chi connectivity index (χ0n) is 20.1. The molecule has 5 atom stereocenters. The number of hydrogen-bond donors (Lipinski definition) is 1. The fraction of sp³-hybridized carbons (Fsp3) is 0.357. The number of halogens is 3. The van der Waals surface area contributed by atoms with Crippen molar-refractivity contribution in [2.24, 2.45) is 17.8 Å². The lowest BCUT2D eigenvalue weighted by Gasteiger charge is -2.17. The number of carboxylic acid groups (broad SMARTS) is 1. The largest absolute Gasteiger partial charge is 0.481 e. The van der Waals surface area contributed by atoms with Crippen LogP contribution in [0.5, 0.6) is 5.75 Å². The standard InChI is InChI=1S/C28H23F3N4O3/c29-20-9-23-34-21-6-5-16(15-3-1-2-4-22(15)38-28(30)31)25(21)35(23)12-19(20)14-10-32-26(33-11-14)13-7-17-18(8-13)24(17)27(36)37/h1-4,9-13,16-18,24,28H,5-8H2,(H,36,37)/t13?,16-,17-,18+,24+/m1/s1. The van der Waals surface area contributed by atoms with Crippen LogP contribution >= 0.6 is 0 Å². The van der Waals surface area contributed by atoms with E-state index in [4.69, 9.17) is 4.74 Å². The van der Waals surface area contributed by atoms with Crippen LogP contribution in [0.3, 0.4) is 0 Å². The first-order valence-electron chi connectivity index (χ1n) is 12.7. The molecule has 0 spiro atoms. The topological polar surface area (TPSA) is 89.6 Å². The number of nitrogens with zero attached hydrogens (tertiary/aromatic N) is 4. The maximum Gasteiger partial charge on any atom is 0.387 e. The number of imidazole rings is 1. The molecule has 7 nitrogen and oxygen atoms in total. The molecule has 0 bridgehead atoms. The van der Waals surface area contributed by atoms with Gasteiger partial charge >= 0.3 is 12.6 Å². The number of aliphatic carboxylic acids is 1. The zero-order valence-corrected chi connectivity index (χ0v) is 20.1. The average Bonchev–Trinajstić information content (AvgIpc) is 3.20. The van der Waals surface area contributed by atoms with Crippen molar-refractivity contribution in [3.05, 3.63) is 77.5 Å². The third-order valence-corrected chi connectivity index (χ3v) is 8.41. The predicted octanol–water partition coefficient (Wildman–Crippen LogP) is 5.43. The SMILES string of the molecule is O=C(O)[C@H]1[C@@H]2CC(c3ncc(-c4cn5c6c(nc5cc4F)CC[C@@H]6c4ccccc4OC(F)F)cn3)C[C@@H]21. The van der Waals surface area contributed by atoms with E-state index in [0.717, 1.165) is 24.2 Å². The van der Waals surface area contributed by atoms with Crippen molar-refractivity contribution in [3.8, 4) is 16.9 Å². The van der Waals surface area contributed by atoms with Crippen molar-refractivity contribution in [1.29, 1.82) is 0 Å². The number of carboxylic acids is 1. The van der Waals surface area contributed by atoms with Crippen LogP contribution in [-0.4, -0.2) is 37.0 Å². The number of aromatic nitrogens is 4. The average molecular weight is 521 g/mol. The summed E-state index contributed by atoms with van der Waals surface area (Å²) < 4.78 is 47.9. The van der Waals surface area contributed by atoms with Gasteiger partial charge in [0, 0.05) is 53.2 Å². The van der Waals surface area contributed by atoms with Gasteiger partial charge in [-0.05, 0) is 43.6 Å². The minimum Gasteiger partial charge on any atom is -0.481 e. The Morgan fingerprint density at radius 2 is 1.87 bits per heavy atom. The number of benzene rings is 1. The molecule has 2 fully saturated rings. The van der Waals surface area contributed by atoms with Gasteiger partial charge in [0.2, 0.25) is 0 Å². The summed E-state index contributed by atoms with van der Waals surface area (Å²) in [5, 5.41) is 9.24. The van der Waals surface area contributed by atoms with Crippen molar-refractivity contribution in [1.82, 2.24) is 19.4 Å². The summed E-state index contributed by atoms with van der Waals surface area (Å²) in [5.41, 5.74) is 3.56. The molecule has 194 valence electrons. The quantitative estimate of drug-likeness (QED) is 0.365. The number of para-hydroxylation sites is 1. The molecule has 0 saturated heterocycles. The van der Waals surface area contributed by atoms with E-state index in [1.54, 1.807) is 36.8 Å². The minimum atomic E-state index is -2.93. The van der Waals surface area contributed by atoms with Gasteiger partial charge in [-0.3, -0.25) is 4.79 Å². The van der Waals surface area contributed by atoms with E-state index in [9.17, 15) is 18.7 Å². The first-order chi connectivity index (χ1) is 18.4. The number of pyridine rings is 1. The molecule has 3 heterocycles. The maximum absolute atomic E-state index is 15.2. The highest BCUT2D eigenvalue weighted by Crippen LogP contribution is 2.61.